The lowest BCUT2D eigenvalue weighted by atomic mass is 9.93. The lowest BCUT2D eigenvalue weighted by molar-refractivity contribution is 0.669. The summed E-state index contributed by atoms with van der Waals surface area (Å²) in [4.78, 5) is 11.2. The lowest BCUT2D eigenvalue weighted by Gasteiger charge is -2.26. The zero-order valence-corrected chi connectivity index (χ0v) is 30.8. The van der Waals surface area contributed by atoms with E-state index in [9.17, 15) is 0 Å². The molecule has 12 rings (SSSR count). The maximum absolute atomic E-state index is 6.67. The summed E-state index contributed by atoms with van der Waals surface area (Å²) >= 11 is 0. The fourth-order valence-electron chi connectivity index (χ4n) is 9.09. The number of benzene rings is 10. The van der Waals surface area contributed by atoms with Gasteiger partial charge in [-0.3, -0.25) is 0 Å². The van der Waals surface area contributed by atoms with Gasteiger partial charge in [0.1, 0.15) is 23.2 Å². The minimum Gasteiger partial charge on any atom is -0.456 e. The van der Waals surface area contributed by atoms with E-state index in [1.165, 1.54) is 37.7 Å². The number of para-hydroxylation sites is 1. The summed E-state index contributed by atoms with van der Waals surface area (Å²) in [5.41, 5.74) is 6.88. The maximum atomic E-state index is 6.67. The van der Waals surface area contributed by atoms with Crippen molar-refractivity contribution in [3.05, 3.63) is 205 Å². The van der Waals surface area contributed by atoms with E-state index < -0.39 is 6.17 Å². The van der Waals surface area contributed by atoms with Gasteiger partial charge in [-0.15, -0.1) is 0 Å². The predicted octanol–water partition coefficient (Wildman–Crippen LogP) is 13.5. The molecule has 2 heterocycles. The highest BCUT2D eigenvalue weighted by Crippen LogP contribution is 2.40. The number of hydrogen-bond acceptors (Lipinski definition) is 4. The van der Waals surface area contributed by atoms with Crippen molar-refractivity contribution < 1.29 is 4.42 Å². The lowest BCUT2D eigenvalue weighted by Crippen LogP contribution is -2.34. The predicted molar refractivity (Wildman–Crippen MR) is 239 cm³/mol. The number of nitrogens with one attached hydrogen (secondary N) is 1. The van der Waals surface area contributed by atoms with Crippen LogP contribution in [0.3, 0.4) is 0 Å². The van der Waals surface area contributed by atoms with E-state index in [-0.39, 0.29) is 0 Å². The summed E-state index contributed by atoms with van der Waals surface area (Å²) < 4.78 is 6.67. The molecular formula is C53H33N3O. The molecule has 1 aliphatic heterocycles. The van der Waals surface area contributed by atoms with Crippen molar-refractivity contribution in [2.45, 2.75) is 6.17 Å². The Labute approximate surface area is 328 Å². The SMILES string of the molecule is c1ccc2c(-c3cc(C4=NC(c5cc6ccccc6c6ccccc56)NC(c5cc6ccccc6c6ccccc56)=N4)c4c(c3)oc3ccccc34)cccc2c1. The first kappa shape index (κ1) is 31.8. The molecule has 1 aromatic heterocycles. The monoisotopic (exact) mass is 727 g/mol. The van der Waals surface area contributed by atoms with Gasteiger partial charge in [0.15, 0.2) is 5.84 Å². The van der Waals surface area contributed by atoms with Gasteiger partial charge < -0.3 is 9.73 Å². The fraction of sp³-hybridized carbons (Fsp3) is 0.0189. The standard InChI is InChI=1S/C53H33N3O/c1-4-18-36-32(14-1)17-13-26-39(36)35-30-47(50-44-25-11-12-27-48(44)57-49(50)31-35)53-55-51(45-28-33-15-2-5-19-37(33)40-21-7-9-23-42(40)45)54-52(56-53)46-29-34-16-3-6-20-38(34)41-22-8-10-24-43(41)46/h1-31,51H,(H,54,55,56). The van der Waals surface area contributed by atoms with Crippen LogP contribution in [0.2, 0.25) is 0 Å². The molecule has 0 amide bonds. The molecule has 1 atom stereocenters. The summed E-state index contributed by atoms with van der Waals surface area (Å²) in [6, 6.07) is 66.9. The minimum absolute atomic E-state index is 0.443. The minimum atomic E-state index is -0.443. The molecule has 0 saturated carbocycles. The van der Waals surface area contributed by atoms with Crippen molar-refractivity contribution in [1.29, 1.82) is 0 Å². The topological polar surface area (TPSA) is 49.9 Å². The van der Waals surface area contributed by atoms with Crippen LogP contribution in [0.1, 0.15) is 22.9 Å². The first-order valence-corrected chi connectivity index (χ1v) is 19.4. The Balaban J connectivity index is 1.18. The Morgan fingerprint density at radius 3 is 1.75 bits per heavy atom. The summed E-state index contributed by atoms with van der Waals surface area (Å²) in [5.74, 6) is 1.43. The molecule has 266 valence electrons. The van der Waals surface area contributed by atoms with Gasteiger partial charge in [0.05, 0.1) is 0 Å². The second-order valence-corrected chi connectivity index (χ2v) is 14.9. The smallest absolute Gasteiger partial charge is 0.160 e. The van der Waals surface area contributed by atoms with Gasteiger partial charge in [-0.05, 0) is 95.3 Å². The molecule has 0 fully saturated rings. The zero-order chi connectivity index (χ0) is 37.5. The van der Waals surface area contributed by atoms with E-state index in [0.717, 1.165) is 71.8 Å². The van der Waals surface area contributed by atoms with Crippen LogP contribution < -0.4 is 5.32 Å². The van der Waals surface area contributed by atoms with E-state index in [4.69, 9.17) is 14.4 Å². The summed E-state index contributed by atoms with van der Waals surface area (Å²) in [6.07, 6.45) is -0.443. The first-order valence-electron chi connectivity index (χ1n) is 19.4. The number of aliphatic imine (C=N–C) groups is 2. The van der Waals surface area contributed by atoms with Crippen molar-refractivity contribution in [3.63, 3.8) is 0 Å². The average Bonchev–Trinajstić information content (AvgIpc) is 3.66. The second kappa shape index (κ2) is 12.5. The molecule has 1 aliphatic rings. The van der Waals surface area contributed by atoms with Crippen LogP contribution in [0.5, 0.6) is 0 Å². The number of hydrogen-bond donors (Lipinski definition) is 1. The van der Waals surface area contributed by atoms with Crippen LogP contribution >= 0.6 is 0 Å². The second-order valence-electron chi connectivity index (χ2n) is 14.9. The van der Waals surface area contributed by atoms with Gasteiger partial charge >= 0.3 is 0 Å². The van der Waals surface area contributed by atoms with E-state index in [0.29, 0.717) is 5.84 Å². The zero-order valence-electron chi connectivity index (χ0n) is 30.8. The molecule has 4 nitrogen and oxygen atoms in total. The van der Waals surface area contributed by atoms with Gasteiger partial charge in [0.2, 0.25) is 0 Å². The first-order chi connectivity index (χ1) is 28.2. The molecular weight excluding hydrogens is 695 g/mol. The van der Waals surface area contributed by atoms with Gasteiger partial charge in [0, 0.05) is 27.5 Å². The van der Waals surface area contributed by atoms with Gasteiger partial charge in [-0.25, -0.2) is 9.98 Å². The van der Waals surface area contributed by atoms with Crippen LogP contribution in [-0.2, 0) is 0 Å². The number of amidine groups is 2. The highest BCUT2D eigenvalue weighted by molar-refractivity contribution is 6.26. The number of nitrogens with zero attached hydrogens (tertiary/aromatic N) is 2. The Morgan fingerprint density at radius 2 is 0.982 bits per heavy atom. The average molecular weight is 728 g/mol. The van der Waals surface area contributed by atoms with Crippen LogP contribution in [-0.4, -0.2) is 11.7 Å². The number of furan rings is 1. The largest absolute Gasteiger partial charge is 0.456 e. The Morgan fingerprint density at radius 1 is 0.404 bits per heavy atom. The molecule has 0 radical (unpaired) electrons. The molecule has 57 heavy (non-hydrogen) atoms. The van der Waals surface area contributed by atoms with Crippen LogP contribution in [0.15, 0.2) is 202 Å². The fourth-order valence-corrected chi connectivity index (χ4v) is 9.09. The molecule has 0 aliphatic carbocycles. The van der Waals surface area contributed by atoms with Crippen molar-refractivity contribution in [2.75, 3.05) is 0 Å². The number of rotatable bonds is 4. The van der Waals surface area contributed by atoms with Crippen molar-refractivity contribution >= 4 is 87.5 Å². The maximum Gasteiger partial charge on any atom is 0.160 e. The quantitative estimate of drug-likeness (QED) is 0.184. The van der Waals surface area contributed by atoms with E-state index in [1.807, 2.05) is 12.1 Å². The molecule has 4 heteroatoms. The molecule has 1 unspecified atom stereocenters. The highest BCUT2D eigenvalue weighted by Gasteiger charge is 2.27. The van der Waals surface area contributed by atoms with Crippen LogP contribution in [0.4, 0.5) is 0 Å². The van der Waals surface area contributed by atoms with Gasteiger partial charge in [-0.2, -0.15) is 0 Å². The molecule has 0 spiro atoms. The molecule has 11 aromatic rings. The van der Waals surface area contributed by atoms with Gasteiger partial charge in [-0.1, -0.05) is 158 Å². The third-order valence-electron chi connectivity index (χ3n) is 11.7. The van der Waals surface area contributed by atoms with Crippen LogP contribution in [0.25, 0.3) is 86.9 Å². The Bertz CT molecular complexity index is 3510. The summed E-state index contributed by atoms with van der Waals surface area (Å²) in [7, 11) is 0. The van der Waals surface area contributed by atoms with E-state index in [2.05, 4.69) is 181 Å². The van der Waals surface area contributed by atoms with Crippen molar-refractivity contribution in [1.82, 2.24) is 5.32 Å². The van der Waals surface area contributed by atoms with Crippen molar-refractivity contribution in [3.8, 4) is 11.1 Å². The normalized spacial score (nSPS) is 14.5. The number of fused-ring (bicyclic) bond motifs is 10. The molecule has 10 aromatic carbocycles. The third kappa shape index (κ3) is 5.01. The molecule has 0 bridgehead atoms. The van der Waals surface area contributed by atoms with E-state index >= 15 is 0 Å². The molecule has 1 N–H and O–H groups in total. The summed E-state index contributed by atoms with van der Waals surface area (Å²) in [5, 5.41) is 17.7. The highest BCUT2D eigenvalue weighted by atomic mass is 16.3. The third-order valence-corrected chi connectivity index (χ3v) is 11.7. The Hall–Kier alpha value is -7.56. The van der Waals surface area contributed by atoms with Crippen LogP contribution in [0, 0.1) is 0 Å². The van der Waals surface area contributed by atoms with E-state index in [1.54, 1.807) is 0 Å². The summed E-state index contributed by atoms with van der Waals surface area (Å²) in [6.45, 7) is 0. The van der Waals surface area contributed by atoms with Crippen molar-refractivity contribution in [2.24, 2.45) is 9.98 Å². The van der Waals surface area contributed by atoms with Gasteiger partial charge in [0.25, 0.3) is 0 Å². The Kier molecular flexibility index (Phi) is 6.96. The molecule has 0 saturated heterocycles.